The summed E-state index contributed by atoms with van der Waals surface area (Å²) in [6.07, 6.45) is 1.51. The maximum absolute atomic E-state index is 10.1. The van der Waals surface area contributed by atoms with Gasteiger partial charge in [-0.15, -0.1) is 0 Å². The Morgan fingerprint density at radius 3 is 1.36 bits per heavy atom. The SMILES string of the molecule is CC(c1ccc(CCCO)cc1)(c1ccc(CCCO)cc1)C(O)O. The van der Waals surface area contributed by atoms with Gasteiger partial charge in [-0.3, -0.25) is 0 Å². The van der Waals surface area contributed by atoms with Gasteiger partial charge in [-0.25, -0.2) is 0 Å². The van der Waals surface area contributed by atoms with Gasteiger partial charge in [-0.05, 0) is 54.9 Å². The maximum Gasteiger partial charge on any atom is 0.165 e. The largest absolute Gasteiger partial charge is 0.396 e. The van der Waals surface area contributed by atoms with Gasteiger partial charge in [0, 0.05) is 13.2 Å². The standard InChI is InChI=1S/C21H28O4/c1-21(20(24)25,18-10-6-16(7-11-18)4-2-14-22)19-12-8-17(9-13-19)5-3-15-23/h6-13,20,22-25H,2-5,14-15H2,1H3. The van der Waals surface area contributed by atoms with Crippen LogP contribution < -0.4 is 0 Å². The molecule has 136 valence electrons. The molecule has 0 amide bonds. The molecule has 0 aliphatic carbocycles. The van der Waals surface area contributed by atoms with Crippen LogP contribution in [0.4, 0.5) is 0 Å². The average Bonchev–Trinajstić information content (AvgIpc) is 2.64. The van der Waals surface area contributed by atoms with Crippen LogP contribution in [0.3, 0.4) is 0 Å². The van der Waals surface area contributed by atoms with E-state index in [1.54, 1.807) is 0 Å². The van der Waals surface area contributed by atoms with Gasteiger partial charge in [-0.1, -0.05) is 48.5 Å². The summed E-state index contributed by atoms with van der Waals surface area (Å²) in [6, 6.07) is 15.6. The zero-order chi connectivity index (χ0) is 18.3. The number of benzene rings is 2. The van der Waals surface area contributed by atoms with E-state index in [1.807, 2.05) is 55.5 Å². The van der Waals surface area contributed by atoms with Crippen LogP contribution in [0.15, 0.2) is 48.5 Å². The molecule has 2 aromatic rings. The zero-order valence-electron chi connectivity index (χ0n) is 14.7. The van der Waals surface area contributed by atoms with E-state index in [1.165, 1.54) is 0 Å². The highest BCUT2D eigenvalue weighted by Crippen LogP contribution is 2.35. The molecule has 0 unspecified atom stereocenters. The average molecular weight is 344 g/mol. The third-order valence-electron chi connectivity index (χ3n) is 4.87. The summed E-state index contributed by atoms with van der Waals surface area (Å²) in [5.74, 6) is 0. The zero-order valence-corrected chi connectivity index (χ0v) is 14.7. The summed E-state index contributed by atoms with van der Waals surface area (Å²) < 4.78 is 0. The first-order chi connectivity index (χ1) is 12.0. The number of hydrogen-bond donors (Lipinski definition) is 4. The third kappa shape index (κ3) is 4.67. The highest BCUT2D eigenvalue weighted by atomic mass is 16.5. The van der Waals surface area contributed by atoms with E-state index in [4.69, 9.17) is 10.2 Å². The Balaban J connectivity index is 2.28. The fraction of sp³-hybridized carbons (Fsp3) is 0.429. The Morgan fingerprint density at radius 1 is 0.720 bits per heavy atom. The molecule has 4 nitrogen and oxygen atoms in total. The summed E-state index contributed by atoms with van der Waals surface area (Å²) in [7, 11) is 0. The molecule has 0 aliphatic heterocycles. The summed E-state index contributed by atoms with van der Waals surface area (Å²) in [4.78, 5) is 0. The second kappa shape index (κ2) is 9.11. The third-order valence-corrected chi connectivity index (χ3v) is 4.87. The smallest absolute Gasteiger partial charge is 0.165 e. The number of rotatable bonds is 9. The molecule has 4 N–H and O–H groups in total. The highest BCUT2D eigenvalue weighted by Gasteiger charge is 2.35. The van der Waals surface area contributed by atoms with Crippen molar-refractivity contribution < 1.29 is 20.4 Å². The van der Waals surface area contributed by atoms with Crippen molar-refractivity contribution in [3.63, 3.8) is 0 Å². The summed E-state index contributed by atoms with van der Waals surface area (Å²) in [6.45, 7) is 2.15. The Labute approximate surface area is 149 Å². The molecule has 0 heterocycles. The number of aryl methyl sites for hydroxylation is 2. The first-order valence-corrected chi connectivity index (χ1v) is 8.79. The van der Waals surface area contributed by atoms with Crippen molar-refractivity contribution in [2.75, 3.05) is 13.2 Å². The van der Waals surface area contributed by atoms with Crippen molar-refractivity contribution in [3.8, 4) is 0 Å². The van der Waals surface area contributed by atoms with Crippen molar-refractivity contribution in [2.24, 2.45) is 0 Å². The molecule has 0 spiro atoms. The van der Waals surface area contributed by atoms with Crippen LogP contribution in [0, 0.1) is 0 Å². The summed E-state index contributed by atoms with van der Waals surface area (Å²) >= 11 is 0. The molecule has 2 aromatic carbocycles. The Morgan fingerprint density at radius 2 is 1.08 bits per heavy atom. The second-order valence-electron chi connectivity index (χ2n) is 6.62. The molecule has 2 rings (SSSR count). The molecule has 0 aromatic heterocycles. The maximum atomic E-state index is 10.1. The predicted molar refractivity (Wildman–Crippen MR) is 98.4 cm³/mol. The lowest BCUT2D eigenvalue weighted by Crippen LogP contribution is -2.37. The van der Waals surface area contributed by atoms with E-state index in [2.05, 4.69) is 0 Å². The lowest BCUT2D eigenvalue weighted by atomic mass is 9.75. The molecular formula is C21H28O4. The van der Waals surface area contributed by atoms with Crippen molar-refractivity contribution >= 4 is 0 Å². The monoisotopic (exact) mass is 344 g/mol. The predicted octanol–water partition coefficient (Wildman–Crippen LogP) is 2.15. The van der Waals surface area contributed by atoms with Gasteiger partial charge in [0.05, 0.1) is 5.41 Å². The normalized spacial score (nSPS) is 11.9. The van der Waals surface area contributed by atoms with E-state index in [0.29, 0.717) is 12.8 Å². The summed E-state index contributed by atoms with van der Waals surface area (Å²) in [5, 5.41) is 38.0. The molecule has 0 saturated carbocycles. The molecule has 25 heavy (non-hydrogen) atoms. The summed E-state index contributed by atoms with van der Waals surface area (Å²) in [5.41, 5.74) is 2.97. The van der Waals surface area contributed by atoms with Crippen molar-refractivity contribution in [3.05, 3.63) is 70.8 Å². The molecule has 0 aliphatic rings. The minimum atomic E-state index is -1.53. The molecule has 4 heteroatoms. The first kappa shape index (κ1) is 19.6. The minimum Gasteiger partial charge on any atom is -0.396 e. The molecule has 0 radical (unpaired) electrons. The number of hydrogen-bond acceptors (Lipinski definition) is 4. The lowest BCUT2D eigenvalue weighted by Gasteiger charge is -2.33. The molecule has 0 fully saturated rings. The van der Waals surface area contributed by atoms with Crippen LogP contribution >= 0.6 is 0 Å². The second-order valence-corrected chi connectivity index (χ2v) is 6.62. The molecule has 0 atom stereocenters. The highest BCUT2D eigenvalue weighted by molar-refractivity contribution is 5.41. The van der Waals surface area contributed by atoms with Crippen LogP contribution in [0.25, 0.3) is 0 Å². The fourth-order valence-electron chi connectivity index (χ4n) is 3.07. The molecule has 0 bridgehead atoms. The van der Waals surface area contributed by atoms with Gasteiger partial charge in [0.25, 0.3) is 0 Å². The Bertz CT molecular complexity index is 580. The van der Waals surface area contributed by atoms with E-state index in [9.17, 15) is 10.2 Å². The topological polar surface area (TPSA) is 80.9 Å². The van der Waals surface area contributed by atoms with Gasteiger partial charge >= 0.3 is 0 Å². The lowest BCUT2D eigenvalue weighted by molar-refractivity contribution is -0.0820. The minimum absolute atomic E-state index is 0.164. The van der Waals surface area contributed by atoms with Crippen LogP contribution in [0.2, 0.25) is 0 Å². The van der Waals surface area contributed by atoms with Gasteiger partial charge in [0.1, 0.15) is 0 Å². The van der Waals surface area contributed by atoms with Crippen molar-refractivity contribution in [1.82, 2.24) is 0 Å². The van der Waals surface area contributed by atoms with E-state index in [0.717, 1.165) is 35.1 Å². The van der Waals surface area contributed by atoms with Gasteiger partial charge in [0.2, 0.25) is 0 Å². The van der Waals surface area contributed by atoms with Crippen LogP contribution in [-0.2, 0) is 18.3 Å². The molecule has 0 saturated heterocycles. The van der Waals surface area contributed by atoms with Crippen LogP contribution in [0.5, 0.6) is 0 Å². The fourth-order valence-corrected chi connectivity index (χ4v) is 3.07. The van der Waals surface area contributed by atoms with E-state index in [-0.39, 0.29) is 13.2 Å². The van der Waals surface area contributed by atoms with Crippen molar-refractivity contribution in [1.29, 1.82) is 0 Å². The van der Waals surface area contributed by atoms with E-state index >= 15 is 0 Å². The van der Waals surface area contributed by atoms with Crippen LogP contribution in [-0.4, -0.2) is 39.9 Å². The van der Waals surface area contributed by atoms with Crippen LogP contribution in [0.1, 0.15) is 42.0 Å². The van der Waals surface area contributed by atoms with Crippen molar-refractivity contribution in [2.45, 2.75) is 44.3 Å². The molecular weight excluding hydrogens is 316 g/mol. The van der Waals surface area contributed by atoms with Gasteiger partial charge < -0.3 is 20.4 Å². The Kier molecular flexibility index (Phi) is 7.14. The Hall–Kier alpha value is -1.72. The quantitative estimate of drug-likeness (QED) is 0.526. The van der Waals surface area contributed by atoms with Gasteiger partial charge in [0.15, 0.2) is 6.29 Å². The van der Waals surface area contributed by atoms with E-state index < -0.39 is 11.7 Å². The number of aliphatic hydroxyl groups is 4. The number of aliphatic hydroxyl groups excluding tert-OH is 3. The first-order valence-electron chi connectivity index (χ1n) is 8.79. The van der Waals surface area contributed by atoms with Gasteiger partial charge in [-0.2, -0.15) is 0 Å².